The van der Waals surface area contributed by atoms with Crippen LogP contribution in [-0.2, 0) is 6.54 Å². The van der Waals surface area contributed by atoms with E-state index in [2.05, 4.69) is 0 Å². The second kappa shape index (κ2) is 3.51. The van der Waals surface area contributed by atoms with Gasteiger partial charge in [-0.3, -0.25) is 0 Å². The number of hydrogen-bond acceptors (Lipinski definition) is 3. The summed E-state index contributed by atoms with van der Waals surface area (Å²) in [6, 6.07) is 2.51. The summed E-state index contributed by atoms with van der Waals surface area (Å²) in [5, 5.41) is 17.4. The van der Waals surface area contributed by atoms with E-state index in [4.69, 9.17) is 10.3 Å². The molecule has 12 heavy (non-hydrogen) atoms. The van der Waals surface area contributed by atoms with Crippen LogP contribution in [0.2, 0.25) is 0 Å². The number of phenols is 1. The monoisotopic (exact) mass is 171 g/mol. The van der Waals surface area contributed by atoms with Crippen molar-refractivity contribution in [1.82, 2.24) is 5.48 Å². The minimum absolute atomic E-state index is 0.0347. The fraction of sp³-hybridized carbons (Fsp3) is 0.250. The van der Waals surface area contributed by atoms with Gasteiger partial charge >= 0.3 is 0 Å². The average molecular weight is 171 g/mol. The van der Waals surface area contributed by atoms with Crippen molar-refractivity contribution in [1.29, 1.82) is 0 Å². The summed E-state index contributed by atoms with van der Waals surface area (Å²) in [6.07, 6.45) is 0. The Kier molecular flexibility index (Phi) is 2.62. The molecule has 0 radical (unpaired) electrons. The highest BCUT2D eigenvalue weighted by Crippen LogP contribution is 2.20. The van der Waals surface area contributed by atoms with Crippen molar-refractivity contribution in [3.8, 4) is 5.75 Å². The Bertz CT molecular complexity index is 289. The van der Waals surface area contributed by atoms with Gasteiger partial charge < -0.3 is 10.3 Å². The van der Waals surface area contributed by atoms with Gasteiger partial charge in [0.25, 0.3) is 0 Å². The molecule has 1 aromatic carbocycles. The highest BCUT2D eigenvalue weighted by atomic mass is 19.1. The van der Waals surface area contributed by atoms with Crippen molar-refractivity contribution >= 4 is 0 Å². The van der Waals surface area contributed by atoms with Crippen molar-refractivity contribution in [3.63, 3.8) is 0 Å². The summed E-state index contributed by atoms with van der Waals surface area (Å²) in [4.78, 5) is 0. The standard InChI is InChI=1S/C8H10FNO2/c1-5-2-6(4-10-12)7(9)3-8(5)11/h2-3,10-12H,4H2,1H3. The highest BCUT2D eigenvalue weighted by Gasteiger charge is 2.05. The fourth-order valence-corrected chi connectivity index (χ4v) is 0.951. The van der Waals surface area contributed by atoms with Gasteiger partial charge in [0.1, 0.15) is 11.6 Å². The number of rotatable bonds is 2. The van der Waals surface area contributed by atoms with E-state index < -0.39 is 5.82 Å². The lowest BCUT2D eigenvalue weighted by atomic mass is 10.1. The van der Waals surface area contributed by atoms with Crippen LogP contribution in [0.5, 0.6) is 5.75 Å². The van der Waals surface area contributed by atoms with Crippen molar-refractivity contribution in [3.05, 3.63) is 29.1 Å². The van der Waals surface area contributed by atoms with Crippen molar-refractivity contribution in [2.24, 2.45) is 0 Å². The van der Waals surface area contributed by atoms with Crippen LogP contribution < -0.4 is 5.48 Å². The van der Waals surface area contributed by atoms with E-state index in [-0.39, 0.29) is 12.3 Å². The maximum absolute atomic E-state index is 12.9. The average Bonchev–Trinajstić information content (AvgIpc) is 2.01. The number of hydroxylamine groups is 1. The molecule has 0 aliphatic carbocycles. The summed E-state index contributed by atoms with van der Waals surface area (Å²) in [6.45, 7) is 1.70. The maximum atomic E-state index is 12.9. The number of halogens is 1. The molecule has 0 spiro atoms. The van der Waals surface area contributed by atoms with Gasteiger partial charge in [0.2, 0.25) is 0 Å². The Morgan fingerprint density at radius 1 is 1.50 bits per heavy atom. The van der Waals surface area contributed by atoms with Crippen molar-refractivity contribution < 1.29 is 14.7 Å². The highest BCUT2D eigenvalue weighted by molar-refractivity contribution is 5.35. The molecule has 3 nitrogen and oxygen atoms in total. The Balaban J connectivity index is 3.05. The largest absolute Gasteiger partial charge is 0.508 e. The molecule has 4 heteroatoms. The second-order valence-corrected chi connectivity index (χ2v) is 2.56. The van der Waals surface area contributed by atoms with Crippen LogP contribution in [-0.4, -0.2) is 10.3 Å². The zero-order valence-electron chi connectivity index (χ0n) is 6.63. The minimum atomic E-state index is -0.528. The first kappa shape index (κ1) is 8.96. The zero-order chi connectivity index (χ0) is 9.14. The lowest BCUT2D eigenvalue weighted by Gasteiger charge is -2.04. The van der Waals surface area contributed by atoms with Gasteiger partial charge in [0.15, 0.2) is 0 Å². The third-order valence-corrected chi connectivity index (χ3v) is 1.63. The van der Waals surface area contributed by atoms with Gasteiger partial charge in [-0.25, -0.2) is 9.87 Å². The summed E-state index contributed by atoms with van der Waals surface area (Å²) >= 11 is 0. The Morgan fingerprint density at radius 3 is 2.75 bits per heavy atom. The van der Waals surface area contributed by atoms with Gasteiger partial charge in [0.05, 0.1) is 0 Å². The van der Waals surface area contributed by atoms with Gasteiger partial charge in [-0.05, 0) is 18.6 Å². The Labute approximate surface area is 69.4 Å². The lowest BCUT2D eigenvalue weighted by Crippen LogP contribution is -2.08. The second-order valence-electron chi connectivity index (χ2n) is 2.56. The van der Waals surface area contributed by atoms with Gasteiger partial charge in [-0.2, -0.15) is 0 Å². The zero-order valence-corrected chi connectivity index (χ0v) is 6.63. The molecule has 0 amide bonds. The molecule has 0 unspecified atom stereocenters. The molecule has 0 heterocycles. The molecular formula is C8H10FNO2. The topological polar surface area (TPSA) is 52.5 Å². The third kappa shape index (κ3) is 1.72. The number of benzene rings is 1. The van der Waals surface area contributed by atoms with Crippen LogP contribution in [0.1, 0.15) is 11.1 Å². The molecule has 0 aromatic heterocycles. The van der Waals surface area contributed by atoms with Crippen LogP contribution in [0.25, 0.3) is 0 Å². The van der Waals surface area contributed by atoms with E-state index in [1.807, 2.05) is 5.48 Å². The Hall–Kier alpha value is -1.13. The summed E-state index contributed by atoms with van der Waals surface area (Å²) < 4.78 is 12.9. The number of aromatic hydroxyl groups is 1. The van der Waals surface area contributed by atoms with Crippen LogP contribution in [0.4, 0.5) is 4.39 Å². The van der Waals surface area contributed by atoms with Gasteiger partial charge in [0, 0.05) is 18.2 Å². The smallest absolute Gasteiger partial charge is 0.131 e. The molecule has 0 saturated heterocycles. The maximum Gasteiger partial charge on any atom is 0.131 e. The first-order valence-corrected chi connectivity index (χ1v) is 3.50. The summed E-state index contributed by atoms with van der Waals surface area (Å²) in [5.74, 6) is -0.603. The van der Waals surface area contributed by atoms with E-state index in [1.54, 1.807) is 6.92 Å². The van der Waals surface area contributed by atoms with E-state index in [0.29, 0.717) is 11.1 Å². The van der Waals surface area contributed by atoms with Crippen molar-refractivity contribution in [2.75, 3.05) is 0 Å². The predicted octanol–water partition coefficient (Wildman–Crippen LogP) is 1.32. The molecule has 1 aromatic rings. The summed E-state index contributed by atoms with van der Waals surface area (Å²) in [7, 11) is 0. The van der Waals surface area contributed by atoms with Crippen LogP contribution in [0.3, 0.4) is 0 Å². The fourth-order valence-electron chi connectivity index (χ4n) is 0.951. The molecule has 0 fully saturated rings. The number of aryl methyl sites for hydroxylation is 1. The molecular weight excluding hydrogens is 161 g/mol. The number of phenolic OH excluding ortho intramolecular Hbond substituents is 1. The van der Waals surface area contributed by atoms with Gasteiger partial charge in [-0.1, -0.05) is 0 Å². The third-order valence-electron chi connectivity index (χ3n) is 1.63. The number of nitrogens with one attached hydrogen (secondary N) is 1. The van der Waals surface area contributed by atoms with E-state index in [9.17, 15) is 4.39 Å². The van der Waals surface area contributed by atoms with Gasteiger partial charge in [-0.15, -0.1) is 0 Å². The number of hydrogen-bond donors (Lipinski definition) is 3. The minimum Gasteiger partial charge on any atom is -0.508 e. The van der Waals surface area contributed by atoms with Crippen LogP contribution in [0.15, 0.2) is 12.1 Å². The molecule has 0 aliphatic heterocycles. The normalized spacial score (nSPS) is 10.2. The Morgan fingerprint density at radius 2 is 2.17 bits per heavy atom. The molecule has 3 N–H and O–H groups in total. The molecule has 0 aliphatic rings. The van der Waals surface area contributed by atoms with Crippen LogP contribution in [0, 0.1) is 12.7 Å². The first-order chi connectivity index (χ1) is 5.65. The first-order valence-electron chi connectivity index (χ1n) is 3.50. The molecule has 0 bridgehead atoms. The lowest BCUT2D eigenvalue weighted by molar-refractivity contribution is 0.160. The quantitative estimate of drug-likeness (QED) is 0.588. The van der Waals surface area contributed by atoms with E-state index in [1.165, 1.54) is 6.07 Å². The molecule has 1 rings (SSSR count). The molecule has 66 valence electrons. The molecule has 0 saturated carbocycles. The molecule has 0 atom stereocenters. The summed E-state index contributed by atoms with van der Waals surface area (Å²) in [5.41, 5.74) is 2.76. The van der Waals surface area contributed by atoms with E-state index in [0.717, 1.165) is 6.07 Å². The van der Waals surface area contributed by atoms with Crippen molar-refractivity contribution in [2.45, 2.75) is 13.5 Å². The van der Waals surface area contributed by atoms with Crippen LogP contribution >= 0.6 is 0 Å². The predicted molar refractivity (Wildman–Crippen MR) is 41.4 cm³/mol. The van der Waals surface area contributed by atoms with E-state index >= 15 is 0 Å². The SMILES string of the molecule is Cc1cc(CNO)c(F)cc1O.